The lowest BCUT2D eigenvalue weighted by Gasteiger charge is -2.08. The number of fused-ring (bicyclic) bond motifs is 1. The lowest BCUT2D eigenvalue weighted by molar-refractivity contribution is -0.132. The third-order valence-corrected chi connectivity index (χ3v) is 5.44. The van der Waals surface area contributed by atoms with E-state index in [9.17, 15) is 9.59 Å². The lowest BCUT2D eigenvalue weighted by Crippen LogP contribution is -2.23. The van der Waals surface area contributed by atoms with E-state index in [-0.39, 0.29) is 5.56 Å². The van der Waals surface area contributed by atoms with Crippen LogP contribution in [0, 0.1) is 0 Å². The van der Waals surface area contributed by atoms with Gasteiger partial charge in [0.25, 0.3) is 5.56 Å². The monoisotopic (exact) mass is 453 g/mol. The number of thiazole rings is 1. The van der Waals surface area contributed by atoms with E-state index in [2.05, 4.69) is 10.1 Å². The van der Waals surface area contributed by atoms with Crippen LogP contribution in [-0.4, -0.2) is 27.7 Å². The number of esters is 1. The van der Waals surface area contributed by atoms with Crippen LogP contribution >= 0.6 is 22.9 Å². The quantitative estimate of drug-likeness (QED) is 0.340. The van der Waals surface area contributed by atoms with Crippen LogP contribution in [0.25, 0.3) is 23.2 Å². The SMILES string of the molecule is COc1cc(C=c2sc3nc(C=Cc4ccc(Cl)cc4)nn3c2=O)ccc1OC(C)=O. The smallest absolute Gasteiger partial charge is 0.308 e. The van der Waals surface area contributed by atoms with Gasteiger partial charge >= 0.3 is 5.97 Å². The maximum absolute atomic E-state index is 12.7. The second-order valence-corrected chi connectivity index (χ2v) is 7.91. The van der Waals surface area contributed by atoms with Crippen molar-refractivity contribution in [3.63, 3.8) is 0 Å². The molecule has 0 fully saturated rings. The van der Waals surface area contributed by atoms with Crippen molar-refractivity contribution in [1.29, 1.82) is 0 Å². The van der Waals surface area contributed by atoms with Crippen LogP contribution in [0.15, 0.2) is 47.3 Å². The third kappa shape index (κ3) is 4.65. The molecule has 4 rings (SSSR count). The van der Waals surface area contributed by atoms with Crippen molar-refractivity contribution in [2.45, 2.75) is 6.92 Å². The number of aromatic nitrogens is 3. The number of methoxy groups -OCH3 is 1. The molecule has 2 aromatic carbocycles. The molecule has 2 heterocycles. The van der Waals surface area contributed by atoms with Crippen molar-refractivity contribution in [3.05, 3.63) is 79.3 Å². The fourth-order valence-electron chi connectivity index (χ4n) is 2.83. The molecule has 0 unspecified atom stereocenters. The van der Waals surface area contributed by atoms with Crippen LogP contribution in [0.2, 0.25) is 5.02 Å². The highest BCUT2D eigenvalue weighted by Crippen LogP contribution is 2.28. The van der Waals surface area contributed by atoms with Gasteiger partial charge in [-0.15, -0.1) is 5.10 Å². The minimum atomic E-state index is -0.441. The highest BCUT2D eigenvalue weighted by molar-refractivity contribution is 7.15. The summed E-state index contributed by atoms with van der Waals surface area (Å²) in [7, 11) is 1.48. The number of benzene rings is 2. The summed E-state index contributed by atoms with van der Waals surface area (Å²) in [6.45, 7) is 1.32. The van der Waals surface area contributed by atoms with Crippen LogP contribution in [-0.2, 0) is 4.79 Å². The van der Waals surface area contributed by atoms with Gasteiger partial charge in [0, 0.05) is 11.9 Å². The summed E-state index contributed by atoms with van der Waals surface area (Å²) in [5.74, 6) is 0.709. The Hall–Kier alpha value is -3.49. The van der Waals surface area contributed by atoms with E-state index in [0.29, 0.717) is 31.8 Å². The first kappa shape index (κ1) is 20.8. The minimum Gasteiger partial charge on any atom is -0.493 e. The fourth-order valence-corrected chi connectivity index (χ4v) is 3.87. The number of ether oxygens (including phenoxy) is 2. The summed E-state index contributed by atoms with van der Waals surface area (Å²) < 4.78 is 12.1. The van der Waals surface area contributed by atoms with Gasteiger partial charge in [-0.25, -0.2) is 0 Å². The largest absolute Gasteiger partial charge is 0.493 e. The number of carbonyl (C=O) groups is 1. The number of halogens is 1. The topological polar surface area (TPSA) is 82.8 Å². The Labute approximate surface area is 185 Å². The average Bonchev–Trinajstić information content (AvgIpc) is 3.27. The van der Waals surface area contributed by atoms with Crippen LogP contribution < -0.4 is 19.6 Å². The highest BCUT2D eigenvalue weighted by Gasteiger charge is 2.11. The van der Waals surface area contributed by atoms with Gasteiger partial charge in [-0.3, -0.25) is 9.59 Å². The van der Waals surface area contributed by atoms with Crippen molar-refractivity contribution >= 4 is 52.1 Å². The molecule has 0 spiro atoms. The zero-order chi connectivity index (χ0) is 22.0. The minimum absolute atomic E-state index is 0.262. The molecule has 0 aliphatic rings. The second kappa shape index (κ2) is 8.71. The summed E-state index contributed by atoms with van der Waals surface area (Å²) in [6, 6.07) is 12.4. The molecule has 4 aromatic rings. The Morgan fingerprint density at radius 3 is 2.52 bits per heavy atom. The van der Waals surface area contributed by atoms with Crippen molar-refractivity contribution in [2.24, 2.45) is 0 Å². The van der Waals surface area contributed by atoms with Gasteiger partial charge in [0.1, 0.15) is 0 Å². The molecule has 0 radical (unpaired) electrons. The normalized spacial score (nSPS) is 12.0. The van der Waals surface area contributed by atoms with Crippen molar-refractivity contribution in [2.75, 3.05) is 7.11 Å². The molecule has 0 saturated heterocycles. The molecule has 2 aromatic heterocycles. The maximum Gasteiger partial charge on any atom is 0.308 e. The molecule has 7 nitrogen and oxygen atoms in total. The van der Waals surface area contributed by atoms with E-state index in [0.717, 1.165) is 11.1 Å². The Bertz CT molecular complexity index is 1410. The molecular formula is C22H16ClN3O4S. The summed E-state index contributed by atoms with van der Waals surface area (Å²) in [4.78, 5) is 28.8. The van der Waals surface area contributed by atoms with Crippen LogP contribution in [0.4, 0.5) is 0 Å². The standard InChI is InChI=1S/C22H16ClN3O4S/c1-13(27)30-17-9-5-15(11-18(17)29-2)12-19-21(28)26-22(31-19)24-20(25-26)10-6-14-3-7-16(23)8-4-14/h3-12H,1-2H3. The van der Waals surface area contributed by atoms with Crippen molar-refractivity contribution in [1.82, 2.24) is 14.6 Å². The van der Waals surface area contributed by atoms with Crippen molar-refractivity contribution < 1.29 is 14.3 Å². The molecule has 0 aliphatic carbocycles. The Morgan fingerprint density at radius 1 is 1.10 bits per heavy atom. The van der Waals surface area contributed by atoms with E-state index < -0.39 is 5.97 Å². The predicted molar refractivity (Wildman–Crippen MR) is 121 cm³/mol. The highest BCUT2D eigenvalue weighted by atomic mass is 35.5. The molecule has 0 N–H and O–H groups in total. The van der Waals surface area contributed by atoms with Gasteiger partial charge in [0.15, 0.2) is 17.3 Å². The van der Waals surface area contributed by atoms with Gasteiger partial charge in [-0.1, -0.05) is 47.2 Å². The van der Waals surface area contributed by atoms with Gasteiger partial charge in [0.05, 0.1) is 11.6 Å². The molecular weight excluding hydrogens is 438 g/mol. The number of hydrogen-bond donors (Lipinski definition) is 0. The number of carbonyl (C=O) groups excluding carboxylic acids is 1. The average molecular weight is 454 g/mol. The van der Waals surface area contributed by atoms with Gasteiger partial charge in [0.2, 0.25) is 4.96 Å². The first-order valence-corrected chi connectivity index (χ1v) is 10.3. The van der Waals surface area contributed by atoms with E-state index in [4.69, 9.17) is 21.1 Å². The molecule has 9 heteroatoms. The van der Waals surface area contributed by atoms with E-state index in [1.165, 1.54) is 29.9 Å². The molecule has 31 heavy (non-hydrogen) atoms. The van der Waals surface area contributed by atoms with E-state index >= 15 is 0 Å². The van der Waals surface area contributed by atoms with Crippen LogP contribution in [0.1, 0.15) is 23.9 Å². The van der Waals surface area contributed by atoms with Gasteiger partial charge in [-0.05, 0) is 47.5 Å². The maximum atomic E-state index is 12.7. The van der Waals surface area contributed by atoms with Crippen LogP contribution in [0.5, 0.6) is 11.5 Å². The summed E-state index contributed by atoms with van der Waals surface area (Å²) >= 11 is 7.12. The van der Waals surface area contributed by atoms with Gasteiger partial charge in [-0.2, -0.15) is 9.50 Å². The zero-order valence-electron chi connectivity index (χ0n) is 16.5. The Kier molecular flexibility index (Phi) is 5.83. The zero-order valence-corrected chi connectivity index (χ0v) is 18.1. The lowest BCUT2D eigenvalue weighted by atomic mass is 10.2. The predicted octanol–water partition coefficient (Wildman–Crippen LogP) is 3.46. The summed E-state index contributed by atoms with van der Waals surface area (Å²) in [5, 5.41) is 4.94. The molecule has 0 atom stereocenters. The van der Waals surface area contributed by atoms with Gasteiger partial charge < -0.3 is 9.47 Å². The summed E-state index contributed by atoms with van der Waals surface area (Å²) in [6.07, 6.45) is 5.31. The van der Waals surface area contributed by atoms with Crippen LogP contribution in [0.3, 0.4) is 0 Å². The number of rotatable bonds is 5. The molecule has 0 amide bonds. The third-order valence-electron chi connectivity index (χ3n) is 4.23. The Morgan fingerprint density at radius 2 is 1.84 bits per heavy atom. The van der Waals surface area contributed by atoms with E-state index in [1.54, 1.807) is 42.5 Å². The number of nitrogens with zero attached hydrogens (tertiary/aromatic N) is 3. The van der Waals surface area contributed by atoms with Crippen molar-refractivity contribution in [3.8, 4) is 11.5 Å². The fraction of sp³-hybridized carbons (Fsp3) is 0.0909. The molecule has 156 valence electrons. The second-order valence-electron chi connectivity index (χ2n) is 6.47. The van der Waals surface area contributed by atoms with E-state index in [1.807, 2.05) is 18.2 Å². The Balaban J connectivity index is 1.63. The molecule has 0 saturated carbocycles. The molecule has 0 bridgehead atoms. The first-order chi connectivity index (χ1) is 14.9. The first-order valence-electron chi connectivity index (χ1n) is 9.14. The molecule has 0 aliphatic heterocycles. The summed E-state index contributed by atoms with van der Waals surface area (Å²) in [5.41, 5.74) is 1.41. The number of hydrogen-bond acceptors (Lipinski definition) is 7.